The van der Waals surface area contributed by atoms with Gasteiger partial charge in [-0.15, -0.1) is 0 Å². The van der Waals surface area contributed by atoms with E-state index in [4.69, 9.17) is 21.8 Å². The van der Waals surface area contributed by atoms with E-state index in [9.17, 15) is 9.59 Å². The maximum atomic E-state index is 13.2. The van der Waals surface area contributed by atoms with Crippen molar-refractivity contribution in [1.29, 1.82) is 0 Å². The summed E-state index contributed by atoms with van der Waals surface area (Å²) in [7, 11) is 2.12. The van der Waals surface area contributed by atoms with Crippen molar-refractivity contribution in [1.82, 2.24) is 14.9 Å². The van der Waals surface area contributed by atoms with Crippen LogP contribution in [0.1, 0.15) is 42.7 Å². The molecule has 34 heavy (non-hydrogen) atoms. The van der Waals surface area contributed by atoms with Crippen molar-refractivity contribution in [2.24, 2.45) is 11.7 Å². The van der Waals surface area contributed by atoms with Crippen LogP contribution in [0.4, 0.5) is 11.5 Å². The molecular weight excluding hydrogens is 456 g/mol. The minimum absolute atomic E-state index is 0.0194. The first-order valence-corrected chi connectivity index (χ1v) is 11.9. The summed E-state index contributed by atoms with van der Waals surface area (Å²) < 4.78 is 5.77. The predicted molar refractivity (Wildman–Crippen MR) is 132 cm³/mol. The van der Waals surface area contributed by atoms with Crippen molar-refractivity contribution in [2.75, 3.05) is 30.8 Å². The fourth-order valence-electron chi connectivity index (χ4n) is 4.36. The Morgan fingerprint density at radius 1 is 1.18 bits per heavy atom. The van der Waals surface area contributed by atoms with Gasteiger partial charge in [-0.25, -0.2) is 4.98 Å². The van der Waals surface area contributed by atoms with Gasteiger partial charge in [-0.05, 0) is 76.5 Å². The first kappa shape index (κ1) is 24.1. The maximum Gasteiger partial charge on any atom is 0.294 e. The third kappa shape index (κ3) is 5.55. The first-order chi connectivity index (χ1) is 16.5. The van der Waals surface area contributed by atoms with Crippen LogP contribution >= 0.6 is 11.6 Å². The van der Waals surface area contributed by atoms with E-state index < -0.39 is 5.91 Å². The number of hydrogen-bond donors (Lipinski definition) is 3. The Morgan fingerprint density at radius 3 is 2.68 bits per heavy atom. The summed E-state index contributed by atoms with van der Waals surface area (Å²) in [5.74, 6) is -0.503. The van der Waals surface area contributed by atoms with Gasteiger partial charge in [0.05, 0.1) is 5.02 Å². The summed E-state index contributed by atoms with van der Waals surface area (Å²) in [4.78, 5) is 36.9. The van der Waals surface area contributed by atoms with Gasteiger partial charge in [0, 0.05) is 24.4 Å². The number of nitrogens with two attached hydrogens (primary N) is 1. The molecule has 0 bridgehead atoms. The van der Waals surface area contributed by atoms with Gasteiger partial charge in [-0.3, -0.25) is 14.6 Å². The highest BCUT2D eigenvalue weighted by Gasteiger charge is 2.30. The van der Waals surface area contributed by atoms with Gasteiger partial charge in [0.2, 0.25) is 11.7 Å². The molecule has 9 nitrogen and oxygen atoms in total. The maximum absolute atomic E-state index is 13.2. The third-order valence-electron chi connectivity index (χ3n) is 6.28. The van der Waals surface area contributed by atoms with E-state index in [2.05, 4.69) is 32.5 Å². The van der Waals surface area contributed by atoms with Gasteiger partial charge >= 0.3 is 0 Å². The molecule has 180 valence electrons. The summed E-state index contributed by atoms with van der Waals surface area (Å²) in [6.45, 7) is 1.64. The molecule has 3 heterocycles. The van der Waals surface area contributed by atoms with Gasteiger partial charge in [0.1, 0.15) is 17.0 Å². The number of carbonyl (C=O) groups is 2. The lowest BCUT2D eigenvalue weighted by Crippen LogP contribution is -2.38. The molecular formula is C24H29ClN6O3. The molecule has 2 amide bonds. The number of furan rings is 1. The number of amides is 2. The molecule has 1 aliphatic carbocycles. The van der Waals surface area contributed by atoms with Gasteiger partial charge in [0.25, 0.3) is 5.91 Å². The molecule has 3 aromatic rings. The van der Waals surface area contributed by atoms with Gasteiger partial charge in [-0.1, -0.05) is 11.6 Å². The van der Waals surface area contributed by atoms with Crippen LogP contribution in [0.25, 0.3) is 11.1 Å². The van der Waals surface area contributed by atoms with Crippen LogP contribution in [0.15, 0.2) is 41.1 Å². The third-order valence-corrected chi connectivity index (χ3v) is 6.50. The number of aromatic nitrogens is 2. The topological polar surface area (TPSA) is 126 Å². The number of nitrogens with zero attached hydrogens (tertiary/aromatic N) is 3. The Labute approximate surface area is 203 Å². The molecule has 0 atom stereocenters. The molecule has 0 aromatic carbocycles. The minimum atomic E-state index is -0.534. The SMILES string of the molecule is CN(CCCN)[C@H]1CC[C@H](C(=O)Nc2c(C(=O)Nc3ccc(Cl)cn3)oc3cccnc23)CC1. The lowest BCUT2D eigenvalue weighted by molar-refractivity contribution is -0.121. The summed E-state index contributed by atoms with van der Waals surface area (Å²) >= 11 is 5.87. The van der Waals surface area contributed by atoms with Gasteiger partial charge in [-0.2, -0.15) is 0 Å². The van der Waals surface area contributed by atoms with E-state index >= 15 is 0 Å². The van der Waals surface area contributed by atoms with Crippen LogP contribution in [0.3, 0.4) is 0 Å². The zero-order valence-corrected chi connectivity index (χ0v) is 19.8. The molecule has 10 heteroatoms. The monoisotopic (exact) mass is 484 g/mol. The number of anilines is 2. The molecule has 0 radical (unpaired) electrons. The van der Waals surface area contributed by atoms with Crippen molar-refractivity contribution >= 4 is 46.0 Å². The molecule has 1 fully saturated rings. The predicted octanol–water partition coefficient (Wildman–Crippen LogP) is 3.91. The Morgan fingerprint density at radius 2 is 1.97 bits per heavy atom. The summed E-state index contributed by atoms with van der Waals surface area (Å²) in [5, 5.41) is 6.07. The van der Waals surface area contributed by atoms with E-state index in [1.165, 1.54) is 6.20 Å². The first-order valence-electron chi connectivity index (χ1n) is 11.5. The zero-order valence-electron chi connectivity index (χ0n) is 19.1. The summed E-state index contributed by atoms with van der Waals surface area (Å²) in [6, 6.07) is 7.08. The quantitative estimate of drug-likeness (QED) is 0.442. The molecule has 0 spiro atoms. The second-order valence-electron chi connectivity index (χ2n) is 8.59. The van der Waals surface area contributed by atoms with Crippen LogP contribution in [0.5, 0.6) is 0 Å². The highest BCUT2D eigenvalue weighted by Crippen LogP contribution is 2.33. The van der Waals surface area contributed by atoms with E-state index in [1.54, 1.807) is 30.5 Å². The number of pyridine rings is 2. The normalized spacial score (nSPS) is 18.2. The molecule has 0 aliphatic heterocycles. The Bertz CT molecular complexity index is 1140. The average Bonchev–Trinajstić information content (AvgIpc) is 3.22. The summed E-state index contributed by atoms with van der Waals surface area (Å²) in [5.41, 5.74) is 6.74. The smallest absolute Gasteiger partial charge is 0.294 e. The fraction of sp³-hybridized carbons (Fsp3) is 0.417. The molecule has 0 unspecified atom stereocenters. The second-order valence-corrected chi connectivity index (χ2v) is 9.03. The molecule has 1 saturated carbocycles. The van der Waals surface area contributed by atoms with Crippen molar-refractivity contribution in [3.63, 3.8) is 0 Å². The average molecular weight is 485 g/mol. The molecule has 1 aliphatic rings. The standard InChI is InChI=1S/C24H29ClN6O3/c1-31(13-3-11-26)17-8-5-15(6-9-17)23(32)30-21-20-18(4-2-12-27-20)34-22(21)24(33)29-19-10-7-16(25)14-28-19/h2,4,7,10,12,14-15,17H,3,5-6,8-9,11,13,26H2,1H3,(H,30,32)(H,28,29,33)/t15-,17-. The van der Waals surface area contributed by atoms with E-state index in [0.717, 1.165) is 38.6 Å². The Kier molecular flexibility index (Phi) is 7.77. The van der Waals surface area contributed by atoms with Crippen LogP contribution in [-0.2, 0) is 4.79 Å². The number of rotatable bonds is 8. The van der Waals surface area contributed by atoms with E-state index in [-0.39, 0.29) is 23.3 Å². The van der Waals surface area contributed by atoms with Crippen LogP contribution < -0.4 is 16.4 Å². The Hall–Kier alpha value is -3.01. The van der Waals surface area contributed by atoms with Gasteiger partial charge in [0.15, 0.2) is 5.58 Å². The minimum Gasteiger partial charge on any atom is -0.447 e. The van der Waals surface area contributed by atoms with Crippen LogP contribution in [0.2, 0.25) is 5.02 Å². The van der Waals surface area contributed by atoms with E-state index in [0.29, 0.717) is 34.5 Å². The molecule has 3 aromatic heterocycles. The lowest BCUT2D eigenvalue weighted by atomic mass is 9.84. The van der Waals surface area contributed by atoms with Crippen molar-refractivity contribution < 1.29 is 14.0 Å². The fourth-order valence-corrected chi connectivity index (χ4v) is 4.47. The number of halogens is 1. The largest absolute Gasteiger partial charge is 0.447 e. The number of fused-ring (bicyclic) bond motifs is 1. The molecule has 0 saturated heterocycles. The van der Waals surface area contributed by atoms with Crippen LogP contribution in [-0.4, -0.2) is 52.9 Å². The van der Waals surface area contributed by atoms with Crippen molar-refractivity contribution in [3.8, 4) is 0 Å². The van der Waals surface area contributed by atoms with Crippen molar-refractivity contribution in [3.05, 3.63) is 47.4 Å². The summed E-state index contributed by atoms with van der Waals surface area (Å²) in [6.07, 6.45) is 7.44. The second kappa shape index (κ2) is 10.9. The highest BCUT2D eigenvalue weighted by atomic mass is 35.5. The van der Waals surface area contributed by atoms with Crippen molar-refractivity contribution in [2.45, 2.75) is 38.1 Å². The molecule has 4 rings (SSSR count). The number of hydrogen-bond acceptors (Lipinski definition) is 7. The molecule has 4 N–H and O–H groups in total. The van der Waals surface area contributed by atoms with E-state index in [1.807, 2.05) is 0 Å². The van der Waals surface area contributed by atoms with Gasteiger partial charge < -0.3 is 25.7 Å². The van der Waals surface area contributed by atoms with Crippen LogP contribution in [0, 0.1) is 5.92 Å². The number of nitrogens with one attached hydrogen (secondary N) is 2. The zero-order chi connectivity index (χ0) is 24.1. The highest BCUT2D eigenvalue weighted by molar-refractivity contribution is 6.30. The lowest BCUT2D eigenvalue weighted by Gasteiger charge is -2.34. The Balaban J connectivity index is 1.47. The number of carbonyl (C=O) groups excluding carboxylic acids is 2.